The summed E-state index contributed by atoms with van der Waals surface area (Å²) in [4.78, 5) is 0. The van der Waals surface area contributed by atoms with Gasteiger partial charge in [-0.2, -0.15) is 0 Å². The molecule has 0 saturated carbocycles. The molecule has 0 aromatic carbocycles. The van der Waals surface area contributed by atoms with Crippen LogP contribution in [0.5, 0.6) is 0 Å². The number of unbranched alkanes of at least 4 members (excludes halogenated alkanes) is 5. The first-order valence-corrected chi connectivity index (χ1v) is 5.79. The van der Waals surface area contributed by atoms with Crippen molar-refractivity contribution < 1.29 is 4.74 Å². The summed E-state index contributed by atoms with van der Waals surface area (Å²) in [6.07, 6.45) is 14.9. The number of allylic oxidation sites excluding steroid dienone is 2. The van der Waals surface area contributed by atoms with Gasteiger partial charge in [-0.3, -0.25) is 0 Å². The molecule has 0 radical (unpaired) electrons. The van der Waals surface area contributed by atoms with Crippen molar-refractivity contribution in [3.63, 3.8) is 0 Å². The normalized spacial score (nSPS) is 10.6. The third-order valence-electron chi connectivity index (χ3n) is 2.14. The molecule has 0 bridgehead atoms. The van der Waals surface area contributed by atoms with Crippen molar-refractivity contribution in [2.75, 3.05) is 6.61 Å². The number of hydrogen-bond acceptors (Lipinski definition) is 1. The molecule has 0 aromatic rings. The van der Waals surface area contributed by atoms with Crippen LogP contribution < -0.4 is 0 Å². The lowest BCUT2D eigenvalue weighted by molar-refractivity contribution is 0.242. The monoisotopic (exact) mass is 196 g/mol. The Labute approximate surface area is 88.9 Å². The van der Waals surface area contributed by atoms with Gasteiger partial charge in [-0.1, -0.05) is 38.5 Å². The molecule has 0 saturated heterocycles. The van der Waals surface area contributed by atoms with Gasteiger partial charge in [0.2, 0.25) is 0 Å². The zero-order valence-electron chi connectivity index (χ0n) is 9.50. The average molecular weight is 196 g/mol. The zero-order valence-corrected chi connectivity index (χ0v) is 9.50. The van der Waals surface area contributed by atoms with Crippen LogP contribution in [0.2, 0.25) is 0 Å². The summed E-state index contributed by atoms with van der Waals surface area (Å²) in [6.45, 7) is 6.56. The highest BCUT2D eigenvalue weighted by Gasteiger charge is 1.86. The predicted molar refractivity (Wildman–Crippen MR) is 63.3 cm³/mol. The van der Waals surface area contributed by atoms with Gasteiger partial charge in [0, 0.05) is 0 Å². The number of rotatable bonds is 10. The second kappa shape index (κ2) is 12.3. The quantitative estimate of drug-likeness (QED) is 0.285. The van der Waals surface area contributed by atoms with Crippen molar-refractivity contribution in [3.05, 3.63) is 25.0 Å². The standard InChI is InChI=1S/C13H24O/c1-3-5-6-7-8-9-10-11-12-13-14-4-2/h4,7-8H,2-3,5-6,9-13H2,1H3. The van der Waals surface area contributed by atoms with Crippen molar-refractivity contribution >= 4 is 0 Å². The van der Waals surface area contributed by atoms with Crippen LogP contribution in [0.1, 0.15) is 51.9 Å². The summed E-state index contributed by atoms with van der Waals surface area (Å²) < 4.78 is 5.04. The molecule has 0 fully saturated rings. The van der Waals surface area contributed by atoms with Crippen LogP contribution in [-0.2, 0) is 4.74 Å². The third-order valence-corrected chi connectivity index (χ3v) is 2.14. The van der Waals surface area contributed by atoms with E-state index < -0.39 is 0 Å². The van der Waals surface area contributed by atoms with E-state index in [1.807, 2.05) is 0 Å². The number of ether oxygens (including phenoxy) is 1. The fraction of sp³-hybridized carbons (Fsp3) is 0.692. The molecule has 0 aliphatic carbocycles. The summed E-state index contributed by atoms with van der Waals surface area (Å²) in [5.74, 6) is 0. The van der Waals surface area contributed by atoms with Crippen LogP contribution in [-0.4, -0.2) is 6.61 Å². The van der Waals surface area contributed by atoms with Gasteiger partial charge in [-0.15, -0.1) is 0 Å². The molecule has 0 unspecified atom stereocenters. The maximum atomic E-state index is 5.04. The van der Waals surface area contributed by atoms with Gasteiger partial charge in [-0.25, -0.2) is 0 Å². The summed E-state index contributed by atoms with van der Waals surface area (Å²) in [6, 6.07) is 0. The molecule has 0 amide bonds. The van der Waals surface area contributed by atoms with E-state index in [1.165, 1.54) is 44.8 Å². The van der Waals surface area contributed by atoms with E-state index in [0.29, 0.717) is 0 Å². The van der Waals surface area contributed by atoms with Crippen LogP contribution >= 0.6 is 0 Å². The molecule has 0 rings (SSSR count). The fourth-order valence-corrected chi connectivity index (χ4v) is 1.27. The van der Waals surface area contributed by atoms with Crippen LogP contribution in [0.3, 0.4) is 0 Å². The zero-order chi connectivity index (χ0) is 10.5. The molecule has 0 aromatic heterocycles. The summed E-state index contributed by atoms with van der Waals surface area (Å²) in [5, 5.41) is 0. The highest BCUT2D eigenvalue weighted by Crippen LogP contribution is 2.02. The second-order valence-electron chi connectivity index (χ2n) is 3.50. The van der Waals surface area contributed by atoms with Crippen LogP contribution in [0.4, 0.5) is 0 Å². The predicted octanol–water partition coefficient (Wildman–Crippen LogP) is 4.45. The van der Waals surface area contributed by atoms with Gasteiger partial charge in [-0.05, 0) is 32.1 Å². The van der Waals surface area contributed by atoms with Crippen LogP contribution in [0.25, 0.3) is 0 Å². The lowest BCUT2D eigenvalue weighted by Crippen LogP contribution is -1.86. The van der Waals surface area contributed by atoms with Gasteiger partial charge in [0.15, 0.2) is 0 Å². The van der Waals surface area contributed by atoms with Crippen LogP contribution in [0, 0.1) is 0 Å². The van der Waals surface area contributed by atoms with E-state index in [9.17, 15) is 0 Å². The first-order chi connectivity index (χ1) is 6.91. The van der Waals surface area contributed by atoms with Gasteiger partial charge in [0.05, 0.1) is 12.9 Å². The molecule has 0 aliphatic rings. The molecule has 0 heterocycles. The lowest BCUT2D eigenvalue weighted by Gasteiger charge is -1.98. The van der Waals surface area contributed by atoms with E-state index in [2.05, 4.69) is 25.7 Å². The van der Waals surface area contributed by atoms with Crippen molar-refractivity contribution in [3.8, 4) is 0 Å². The van der Waals surface area contributed by atoms with Gasteiger partial charge in [0.25, 0.3) is 0 Å². The Hall–Kier alpha value is -0.720. The first-order valence-electron chi connectivity index (χ1n) is 5.79. The van der Waals surface area contributed by atoms with Crippen molar-refractivity contribution in [2.45, 2.75) is 51.9 Å². The van der Waals surface area contributed by atoms with Crippen LogP contribution in [0.15, 0.2) is 25.0 Å². The minimum atomic E-state index is 0.822. The molecule has 14 heavy (non-hydrogen) atoms. The van der Waals surface area contributed by atoms with E-state index >= 15 is 0 Å². The van der Waals surface area contributed by atoms with Crippen molar-refractivity contribution in [1.29, 1.82) is 0 Å². The molecular weight excluding hydrogens is 172 g/mol. The highest BCUT2D eigenvalue weighted by atomic mass is 16.5. The SMILES string of the molecule is C=COCCCCCC=CCCCC. The third kappa shape index (κ3) is 11.3. The Morgan fingerprint density at radius 2 is 1.71 bits per heavy atom. The smallest absolute Gasteiger partial charge is 0.0873 e. The highest BCUT2D eigenvalue weighted by molar-refractivity contribution is 4.81. The molecule has 82 valence electrons. The van der Waals surface area contributed by atoms with Crippen molar-refractivity contribution in [1.82, 2.24) is 0 Å². The molecule has 0 N–H and O–H groups in total. The first kappa shape index (κ1) is 13.3. The lowest BCUT2D eigenvalue weighted by atomic mass is 10.1. The molecule has 1 nitrogen and oxygen atoms in total. The largest absolute Gasteiger partial charge is 0.502 e. The van der Waals surface area contributed by atoms with Gasteiger partial charge >= 0.3 is 0 Å². The topological polar surface area (TPSA) is 9.23 Å². The Morgan fingerprint density at radius 1 is 1.00 bits per heavy atom. The number of hydrogen-bond donors (Lipinski definition) is 0. The Bertz CT molecular complexity index is 138. The summed E-state index contributed by atoms with van der Waals surface area (Å²) in [7, 11) is 0. The fourth-order valence-electron chi connectivity index (χ4n) is 1.27. The van der Waals surface area contributed by atoms with E-state index in [4.69, 9.17) is 4.74 Å². The summed E-state index contributed by atoms with van der Waals surface area (Å²) >= 11 is 0. The Kier molecular flexibility index (Phi) is 11.6. The minimum Gasteiger partial charge on any atom is -0.502 e. The molecule has 1 heteroatoms. The Balaban J connectivity index is 2.97. The average Bonchev–Trinajstić information content (AvgIpc) is 2.21. The second-order valence-corrected chi connectivity index (χ2v) is 3.50. The molecule has 0 atom stereocenters. The van der Waals surface area contributed by atoms with Gasteiger partial charge < -0.3 is 4.74 Å². The molecular formula is C13H24O. The van der Waals surface area contributed by atoms with E-state index in [-0.39, 0.29) is 0 Å². The molecule has 0 spiro atoms. The summed E-state index contributed by atoms with van der Waals surface area (Å²) in [5.41, 5.74) is 0. The van der Waals surface area contributed by atoms with Crippen molar-refractivity contribution in [2.24, 2.45) is 0 Å². The Morgan fingerprint density at radius 3 is 2.36 bits per heavy atom. The molecule has 0 aliphatic heterocycles. The minimum absolute atomic E-state index is 0.822. The maximum Gasteiger partial charge on any atom is 0.0873 e. The maximum absolute atomic E-state index is 5.04. The van der Waals surface area contributed by atoms with Gasteiger partial charge in [0.1, 0.15) is 0 Å². The van der Waals surface area contributed by atoms with E-state index in [1.54, 1.807) is 0 Å². The van der Waals surface area contributed by atoms with E-state index in [0.717, 1.165) is 13.0 Å².